The Labute approximate surface area is 121 Å². The molecule has 0 radical (unpaired) electrons. The number of benzene rings is 1. The number of aliphatic hydroxyl groups is 1. The number of hydrogen-bond acceptors (Lipinski definition) is 3. The number of H-pyrrole nitrogens is 2. The lowest BCUT2D eigenvalue weighted by molar-refractivity contribution is 0.299. The Kier molecular flexibility index (Phi) is 3.45. The summed E-state index contributed by atoms with van der Waals surface area (Å²) in [6, 6.07) is 9.77. The minimum absolute atomic E-state index is 0.0542. The van der Waals surface area contributed by atoms with Crippen LogP contribution in [0.3, 0.4) is 0 Å². The van der Waals surface area contributed by atoms with Crippen molar-refractivity contribution in [3.63, 3.8) is 0 Å². The van der Waals surface area contributed by atoms with Crippen molar-refractivity contribution in [3.8, 4) is 17.2 Å². The van der Waals surface area contributed by atoms with Gasteiger partial charge < -0.3 is 10.1 Å². The van der Waals surface area contributed by atoms with Crippen molar-refractivity contribution in [2.24, 2.45) is 0 Å². The van der Waals surface area contributed by atoms with Crippen molar-refractivity contribution < 1.29 is 5.11 Å². The van der Waals surface area contributed by atoms with Gasteiger partial charge in [0.05, 0.1) is 11.9 Å². The van der Waals surface area contributed by atoms with E-state index in [4.69, 9.17) is 5.11 Å². The molecule has 21 heavy (non-hydrogen) atoms. The van der Waals surface area contributed by atoms with E-state index in [0.717, 1.165) is 17.0 Å². The van der Waals surface area contributed by atoms with Gasteiger partial charge in [-0.25, -0.2) is 4.98 Å². The molecule has 3 aromatic rings. The molecule has 6 heteroatoms. The number of nitrogens with zero attached hydrogens (tertiary/aromatic N) is 2. The van der Waals surface area contributed by atoms with Gasteiger partial charge in [-0.15, -0.1) is 0 Å². The second-order valence-corrected chi connectivity index (χ2v) is 4.82. The minimum Gasteiger partial charge on any atom is -0.396 e. The SMILES string of the molecule is Cc1[nH]n(-c2ncc(-c3ccccc3)[nH]2)c(=O)c1CCO. The van der Waals surface area contributed by atoms with Gasteiger partial charge >= 0.3 is 0 Å². The van der Waals surface area contributed by atoms with Gasteiger partial charge in [0, 0.05) is 24.3 Å². The van der Waals surface area contributed by atoms with Crippen molar-refractivity contribution >= 4 is 0 Å². The highest BCUT2D eigenvalue weighted by molar-refractivity contribution is 5.58. The summed E-state index contributed by atoms with van der Waals surface area (Å²) in [7, 11) is 0. The minimum atomic E-state index is -0.185. The molecule has 0 aliphatic rings. The molecule has 0 atom stereocenters. The molecule has 2 heterocycles. The molecule has 108 valence electrons. The van der Waals surface area contributed by atoms with Crippen molar-refractivity contribution in [1.82, 2.24) is 19.7 Å². The van der Waals surface area contributed by atoms with Crippen LogP contribution < -0.4 is 5.56 Å². The number of rotatable bonds is 4. The molecule has 0 unspecified atom stereocenters. The molecular weight excluding hydrogens is 268 g/mol. The van der Waals surface area contributed by atoms with E-state index in [1.54, 1.807) is 6.20 Å². The van der Waals surface area contributed by atoms with Gasteiger partial charge in [-0.05, 0) is 12.5 Å². The summed E-state index contributed by atoms with van der Waals surface area (Å²) in [4.78, 5) is 19.7. The zero-order chi connectivity index (χ0) is 14.8. The predicted molar refractivity (Wildman–Crippen MR) is 79.5 cm³/mol. The topological polar surface area (TPSA) is 86.7 Å². The van der Waals surface area contributed by atoms with E-state index < -0.39 is 0 Å². The Bertz CT molecular complexity index is 799. The Morgan fingerprint density at radius 3 is 2.76 bits per heavy atom. The molecule has 0 bridgehead atoms. The summed E-state index contributed by atoms with van der Waals surface area (Å²) in [6.07, 6.45) is 2.03. The van der Waals surface area contributed by atoms with Gasteiger partial charge in [0.25, 0.3) is 5.56 Å². The maximum absolute atomic E-state index is 12.3. The van der Waals surface area contributed by atoms with Gasteiger partial charge in [-0.3, -0.25) is 9.89 Å². The van der Waals surface area contributed by atoms with Crippen LogP contribution in [-0.4, -0.2) is 31.5 Å². The summed E-state index contributed by atoms with van der Waals surface area (Å²) >= 11 is 0. The zero-order valence-corrected chi connectivity index (χ0v) is 11.6. The number of nitrogens with one attached hydrogen (secondary N) is 2. The van der Waals surface area contributed by atoms with Crippen LogP contribution in [0.2, 0.25) is 0 Å². The van der Waals surface area contributed by atoms with Crippen LogP contribution in [-0.2, 0) is 6.42 Å². The average molecular weight is 284 g/mol. The second-order valence-electron chi connectivity index (χ2n) is 4.82. The summed E-state index contributed by atoms with van der Waals surface area (Å²) in [6.45, 7) is 1.76. The molecule has 1 aromatic carbocycles. The lowest BCUT2D eigenvalue weighted by atomic mass is 10.2. The van der Waals surface area contributed by atoms with Crippen LogP contribution in [0, 0.1) is 6.92 Å². The van der Waals surface area contributed by atoms with Crippen LogP contribution in [0.15, 0.2) is 41.3 Å². The molecule has 0 aliphatic heterocycles. The van der Waals surface area contributed by atoms with Crippen LogP contribution in [0.1, 0.15) is 11.3 Å². The van der Waals surface area contributed by atoms with Gasteiger partial charge in [-0.2, -0.15) is 4.68 Å². The first-order valence-corrected chi connectivity index (χ1v) is 6.73. The molecule has 6 nitrogen and oxygen atoms in total. The third kappa shape index (κ3) is 2.41. The van der Waals surface area contributed by atoms with E-state index >= 15 is 0 Å². The van der Waals surface area contributed by atoms with E-state index in [1.165, 1.54) is 4.68 Å². The van der Waals surface area contributed by atoms with E-state index in [-0.39, 0.29) is 12.2 Å². The second kappa shape index (κ2) is 5.41. The summed E-state index contributed by atoms with van der Waals surface area (Å²) in [5, 5.41) is 12.0. The highest BCUT2D eigenvalue weighted by atomic mass is 16.3. The zero-order valence-electron chi connectivity index (χ0n) is 11.6. The standard InChI is InChI=1S/C15H16N4O2/c1-10-12(7-8-20)14(21)19(18-10)15-16-9-13(17-15)11-5-3-2-4-6-11/h2-6,9,18,20H,7-8H2,1H3,(H,16,17). The number of hydrogen-bond donors (Lipinski definition) is 3. The van der Waals surface area contributed by atoms with Gasteiger partial charge in [0.1, 0.15) is 0 Å². The van der Waals surface area contributed by atoms with E-state index in [1.807, 2.05) is 37.3 Å². The normalized spacial score (nSPS) is 11.0. The molecule has 0 fully saturated rings. The summed E-state index contributed by atoms with van der Waals surface area (Å²) < 4.78 is 1.37. The number of aryl methyl sites for hydroxylation is 1. The molecule has 0 aliphatic carbocycles. The Hall–Kier alpha value is -2.60. The predicted octanol–water partition coefficient (Wildman–Crippen LogP) is 1.40. The molecule has 3 N–H and O–H groups in total. The third-order valence-corrected chi connectivity index (χ3v) is 3.41. The van der Waals surface area contributed by atoms with Crippen molar-refractivity contribution in [2.75, 3.05) is 6.61 Å². The largest absolute Gasteiger partial charge is 0.396 e. The summed E-state index contributed by atoms with van der Waals surface area (Å²) in [5.74, 6) is 0.436. The van der Waals surface area contributed by atoms with Crippen molar-refractivity contribution in [3.05, 3.63) is 58.1 Å². The molecule has 0 saturated heterocycles. The first-order chi connectivity index (χ1) is 10.2. The van der Waals surface area contributed by atoms with Crippen molar-refractivity contribution in [2.45, 2.75) is 13.3 Å². The van der Waals surface area contributed by atoms with Crippen molar-refractivity contribution in [1.29, 1.82) is 0 Å². The average Bonchev–Trinajstić information content (AvgIpc) is 3.09. The first kappa shape index (κ1) is 13.4. The lowest BCUT2D eigenvalue weighted by Gasteiger charge is -1.97. The number of aromatic nitrogens is 4. The quantitative estimate of drug-likeness (QED) is 0.677. The third-order valence-electron chi connectivity index (χ3n) is 3.41. The maximum atomic E-state index is 12.3. The number of imidazole rings is 1. The maximum Gasteiger partial charge on any atom is 0.277 e. The van der Waals surface area contributed by atoms with Gasteiger partial charge in [0.15, 0.2) is 0 Å². The van der Waals surface area contributed by atoms with Gasteiger partial charge in [-0.1, -0.05) is 30.3 Å². The smallest absolute Gasteiger partial charge is 0.277 e. The number of aliphatic hydroxyl groups excluding tert-OH is 1. The Morgan fingerprint density at radius 1 is 1.29 bits per heavy atom. The van der Waals surface area contributed by atoms with Gasteiger partial charge in [0.2, 0.25) is 5.95 Å². The Morgan fingerprint density at radius 2 is 2.05 bits per heavy atom. The molecule has 2 aromatic heterocycles. The molecule has 0 spiro atoms. The Balaban J connectivity index is 2.01. The molecule has 0 amide bonds. The van der Waals surface area contributed by atoms with Crippen LogP contribution in [0.25, 0.3) is 17.2 Å². The molecule has 0 saturated carbocycles. The molecule has 3 rings (SSSR count). The fraction of sp³-hybridized carbons (Fsp3) is 0.200. The fourth-order valence-corrected chi connectivity index (χ4v) is 2.33. The summed E-state index contributed by atoms with van der Waals surface area (Å²) in [5.41, 5.74) is 2.98. The van der Waals surface area contributed by atoms with Crippen LogP contribution >= 0.6 is 0 Å². The van der Waals surface area contributed by atoms with Crippen LogP contribution in [0.4, 0.5) is 0 Å². The van der Waals surface area contributed by atoms with E-state index in [0.29, 0.717) is 17.9 Å². The van der Waals surface area contributed by atoms with Crippen LogP contribution in [0.5, 0.6) is 0 Å². The van der Waals surface area contributed by atoms with E-state index in [2.05, 4.69) is 15.1 Å². The molecular formula is C15H16N4O2. The lowest BCUT2D eigenvalue weighted by Crippen LogP contribution is -2.19. The monoisotopic (exact) mass is 284 g/mol. The highest BCUT2D eigenvalue weighted by Crippen LogP contribution is 2.17. The first-order valence-electron chi connectivity index (χ1n) is 6.73. The fourth-order valence-electron chi connectivity index (χ4n) is 2.33. The number of aromatic amines is 2. The van der Waals surface area contributed by atoms with E-state index in [9.17, 15) is 4.79 Å². The highest BCUT2D eigenvalue weighted by Gasteiger charge is 2.14.